The minimum atomic E-state index is -4.24. The quantitative estimate of drug-likeness (QED) is 0.840. The Kier molecular flexibility index (Phi) is 5.51. The van der Waals surface area contributed by atoms with Crippen molar-refractivity contribution in [3.05, 3.63) is 28.0 Å². The molecule has 0 bridgehead atoms. The van der Waals surface area contributed by atoms with Gasteiger partial charge in [-0.15, -0.1) is 0 Å². The Morgan fingerprint density at radius 3 is 2.43 bits per heavy atom. The molecular weight excluding hydrogens is 363 g/mol. The van der Waals surface area contributed by atoms with E-state index in [0.29, 0.717) is 13.0 Å². The molecule has 0 aliphatic heterocycles. The molecule has 0 aromatic heterocycles. The molecule has 0 fully saturated rings. The summed E-state index contributed by atoms with van der Waals surface area (Å²) in [4.78, 5) is 11.3. The van der Waals surface area contributed by atoms with Crippen molar-refractivity contribution in [2.24, 2.45) is 10.6 Å². The lowest BCUT2D eigenvalue weighted by Crippen LogP contribution is -2.28. The second-order valence-electron chi connectivity index (χ2n) is 5.88. The summed E-state index contributed by atoms with van der Waals surface area (Å²) in [5, 5.41) is 7.50. The molecule has 0 saturated carbocycles. The van der Waals surface area contributed by atoms with Gasteiger partial charge in [-0.3, -0.25) is 4.79 Å². The van der Waals surface area contributed by atoms with Gasteiger partial charge >= 0.3 is 0 Å². The van der Waals surface area contributed by atoms with Gasteiger partial charge in [-0.05, 0) is 24.0 Å². The Morgan fingerprint density at radius 1 is 1.38 bits per heavy atom. The zero-order valence-electron chi connectivity index (χ0n) is 12.0. The van der Waals surface area contributed by atoms with E-state index in [0.717, 1.165) is 6.07 Å². The summed E-state index contributed by atoms with van der Waals surface area (Å²) in [6.45, 7) is 6.40. The standard InChI is InChI=1S/C13H18BrFN2O3S/c1-13(2,3)4-5-17-12(18)9-6-8(14)7-10(11(9)15)21(16,19)20/h6-7H,4-5H2,1-3H3,(H,17,18)(H2,16,19,20). The maximum absolute atomic E-state index is 14.1. The predicted octanol–water partition coefficient (Wildman–Crippen LogP) is 2.40. The molecule has 5 nitrogen and oxygen atoms in total. The Bertz CT molecular complexity index is 654. The molecule has 0 spiro atoms. The van der Waals surface area contributed by atoms with Crippen molar-refractivity contribution in [3.8, 4) is 0 Å². The molecule has 3 N–H and O–H groups in total. The number of hydrogen-bond acceptors (Lipinski definition) is 3. The van der Waals surface area contributed by atoms with E-state index in [4.69, 9.17) is 5.14 Å². The first-order valence-electron chi connectivity index (χ1n) is 6.22. The van der Waals surface area contributed by atoms with Gasteiger partial charge in [0, 0.05) is 11.0 Å². The van der Waals surface area contributed by atoms with E-state index in [1.54, 1.807) is 0 Å². The van der Waals surface area contributed by atoms with Crippen molar-refractivity contribution < 1.29 is 17.6 Å². The Labute approximate surface area is 132 Å². The molecule has 1 aromatic rings. The van der Waals surface area contributed by atoms with Crippen LogP contribution in [0.5, 0.6) is 0 Å². The monoisotopic (exact) mass is 380 g/mol. The molecule has 1 amide bonds. The van der Waals surface area contributed by atoms with E-state index >= 15 is 0 Å². The average Bonchev–Trinajstić information content (AvgIpc) is 2.28. The van der Waals surface area contributed by atoms with E-state index in [1.165, 1.54) is 6.07 Å². The third kappa shape index (κ3) is 5.37. The van der Waals surface area contributed by atoms with Crippen LogP contribution in [0, 0.1) is 11.2 Å². The van der Waals surface area contributed by atoms with Crippen molar-refractivity contribution >= 4 is 31.9 Å². The number of benzene rings is 1. The van der Waals surface area contributed by atoms with E-state index in [1.807, 2.05) is 20.8 Å². The van der Waals surface area contributed by atoms with Gasteiger partial charge in [0.1, 0.15) is 4.90 Å². The molecule has 0 atom stereocenters. The molecular formula is C13H18BrFN2O3S. The van der Waals surface area contributed by atoms with Gasteiger partial charge in [0.25, 0.3) is 5.91 Å². The Balaban J connectivity index is 3.03. The summed E-state index contributed by atoms with van der Waals surface area (Å²) < 4.78 is 37.0. The smallest absolute Gasteiger partial charge is 0.254 e. The second kappa shape index (κ2) is 6.41. The van der Waals surface area contributed by atoms with Crippen LogP contribution in [0.15, 0.2) is 21.5 Å². The normalized spacial score (nSPS) is 12.3. The first-order valence-corrected chi connectivity index (χ1v) is 8.56. The maximum atomic E-state index is 14.1. The minimum Gasteiger partial charge on any atom is -0.352 e. The first-order chi connectivity index (χ1) is 9.42. The van der Waals surface area contributed by atoms with Crippen LogP contribution in [0.3, 0.4) is 0 Å². The summed E-state index contributed by atoms with van der Waals surface area (Å²) in [6.07, 6.45) is 0.705. The maximum Gasteiger partial charge on any atom is 0.254 e. The zero-order valence-corrected chi connectivity index (χ0v) is 14.4. The molecule has 1 aromatic carbocycles. The van der Waals surface area contributed by atoms with Crippen LogP contribution in [0.4, 0.5) is 4.39 Å². The number of primary sulfonamides is 1. The van der Waals surface area contributed by atoms with Crippen molar-refractivity contribution in [2.75, 3.05) is 6.54 Å². The topological polar surface area (TPSA) is 89.3 Å². The van der Waals surface area contributed by atoms with Gasteiger partial charge in [-0.1, -0.05) is 36.7 Å². The van der Waals surface area contributed by atoms with Crippen molar-refractivity contribution in [3.63, 3.8) is 0 Å². The number of carbonyl (C=O) groups excluding carboxylic acids is 1. The largest absolute Gasteiger partial charge is 0.352 e. The van der Waals surface area contributed by atoms with Crippen molar-refractivity contribution in [1.29, 1.82) is 0 Å². The molecule has 0 unspecified atom stereocenters. The van der Waals surface area contributed by atoms with Crippen LogP contribution >= 0.6 is 15.9 Å². The summed E-state index contributed by atoms with van der Waals surface area (Å²) in [5.74, 6) is -1.82. The molecule has 0 heterocycles. The zero-order chi connectivity index (χ0) is 16.4. The van der Waals surface area contributed by atoms with Crippen LogP contribution in [0.25, 0.3) is 0 Å². The molecule has 0 aliphatic rings. The lowest BCUT2D eigenvalue weighted by atomic mass is 9.92. The van der Waals surface area contributed by atoms with E-state index in [9.17, 15) is 17.6 Å². The number of nitrogens with one attached hydrogen (secondary N) is 1. The second-order valence-corrected chi connectivity index (χ2v) is 8.32. The molecule has 21 heavy (non-hydrogen) atoms. The van der Waals surface area contributed by atoms with Crippen LogP contribution in [-0.4, -0.2) is 20.9 Å². The Hall–Kier alpha value is -0.990. The number of hydrogen-bond donors (Lipinski definition) is 2. The highest BCUT2D eigenvalue weighted by molar-refractivity contribution is 9.10. The highest BCUT2D eigenvalue weighted by atomic mass is 79.9. The number of halogens is 2. The third-order valence-corrected chi connectivity index (χ3v) is 4.08. The molecule has 118 valence electrons. The van der Waals surface area contributed by atoms with Gasteiger partial charge in [-0.2, -0.15) is 0 Å². The Morgan fingerprint density at radius 2 is 1.95 bits per heavy atom. The van der Waals surface area contributed by atoms with Gasteiger partial charge in [0.15, 0.2) is 5.82 Å². The fourth-order valence-electron chi connectivity index (χ4n) is 1.58. The third-order valence-electron chi connectivity index (χ3n) is 2.72. The van der Waals surface area contributed by atoms with E-state index < -0.39 is 26.6 Å². The highest BCUT2D eigenvalue weighted by Crippen LogP contribution is 2.23. The van der Waals surface area contributed by atoms with Gasteiger partial charge in [0.05, 0.1) is 5.56 Å². The van der Waals surface area contributed by atoms with Crippen molar-refractivity contribution in [2.45, 2.75) is 32.1 Å². The fraction of sp³-hybridized carbons (Fsp3) is 0.462. The predicted molar refractivity (Wildman–Crippen MR) is 81.9 cm³/mol. The van der Waals surface area contributed by atoms with Gasteiger partial charge in [-0.25, -0.2) is 17.9 Å². The van der Waals surface area contributed by atoms with Gasteiger partial charge in [0.2, 0.25) is 10.0 Å². The van der Waals surface area contributed by atoms with Gasteiger partial charge < -0.3 is 5.32 Å². The molecule has 0 radical (unpaired) electrons. The van der Waals surface area contributed by atoms with Crippen LogP contribution in [0.2, 0.25) is 0 Å². The molecule has 0 aliphatic carbocycles. The van der Waals surface area contributed by atoms with Crippen LogP contribution in [0.1, 0.15) is 37.6 Å². The van der Waals surface area contributed by atoms with Crippen LogP contribution in [-0.2, 0) is 10.0 Å². The van der Waals surface area contributed by atoms with E-state index in [2.05, 4.69) is 21.2 Å². The number of sulfonamides is 1. The minimum absolute atomic E-state index is 0.0227. The SMILES string of the molecule is CC(C)(C)CCNC(=O)c1cc(Br)cc(S(N)(=O)=O)c1F. The van der Waals surface area contributed by atoms with Crippen LogP contribution < -0.4 is 10.5 Å². The molecule has 1 rings (SSSR count). The first kappa shape index (κ1) is 18.1. The summed E-state index contributed by atoms with van der Waals surface area (Å²) >= 11 is 3.04. The van der Waals surface area contributed by atoms with E-state index in [-0.39, 0.29) is 15.5 Å². The van der Waals surface area contributed by atoms with Crippen molar-refractivity contribution in [1.82, 2.24) is 5.32 Å². The number of rotatable bonds is 4. The fourth-order valence-corrected chi connectivity index (χ4v) is 2.84. The number of amides is 1. The summed E-state index contributed by atoms with van der Waals surface area (Å²) in [6, 6.07) is 2.24. The summed E-state index contributed by atoms with van der Waals surface area (Å²) in [7, 11) is -4.24. The molecule has 8 heteroatoms. The highest BCUT2D eigenvalue weighted by Gasteiger charge is 2.22. The number of nitrogens with two attached hydrogens (primary N) is 1. The lowest BCUT2D eigenvalue weighted by Gasteiger charge is -2.18. The average molecular weight is 381 g/mol. The number of carbonyl (C=O) groups is 1. The lowest BCUT2D eigenvalue weighted by molar-refractivity contribution is 0.0945. The summed E-state index contributed by atoms with van der Waals surface area (Å²) in [5.41, 5.74) is -0.336. The molecule has 0 saturated heterocycles.